The first-order chi connectivity index (χ1) is 21.8. The van der Waals surface area contributed by atoms with Crippen LogP contribution in [0.15, 0.2) is 60.7 Å². The van der Waals surface area contributed by atoms with E-state index < -0.39 is 65.7 Å². The lowest BCUT2D eigenvalue weighted by Gasteiger charge is -2.25. The summed E-state index contributed by atoms with van der Waals surface area (Å²) in [4.78, 5) is 76.9. The molecule has 46 heavy (non-hydrogen) atoms. The van der Waals surface area contributed by atoms with Gasteiger partial charge in [0.15, 0.2) is 0 Å². The van der Waals surface area contributed by atoms with Gasteiger partial charge in [-0.3, -0.25) is 19.2 Å². The van der Waals surface area contributed by atoms with E-state index in [1.165, 1.54) is 0 Å². The first-order valence-electron chi connectivity index (χ1n) is 15.5. The van der Waals surface area contributed by atoms with Crippen molar-refractivity contribution in [2.75, 3.05) is 0 Å². The van der Waals surface area contributed by atoms with Crippen LogP contribution in [0.4, 0.5) is 4.79 Å². The number of aliphatic carboxylic acids is 1. The highest BCUT2D eigenvalue weighted by Crippen LogP contribution is 2.10. The summed E-state index contributed by atoms with van der Waals surface area (Å²) >= 11 is 0. The molecule has 1 unspecified atom stereocenters. The van der Waals surface area contributed by atoms with Crippen LogP contribution in [-0.4, -0.2) is 64.8 Å². The molecular weight excluding hydrogens is 592 g/mol. The third-order valence-electron chi connectivity index (χ3n) is 7.21. The molecule has 0 fully saturated rings. The van der Waals surface area contributed by atoms with Gasteiger partial charge in [-0.15, -0.1) is 0 Å². The van der Waals surface area contributed by atoms with Crippen molar-refractivity contribution >= 4 is 35.6 Å². The van der Waals surface area contributed by atoms with E-state index in [1.807, 2.05) is 50.2 Å². The molecule has 0 saturated heterocycles. The number of carbonyl (C=O) groups is 6. The quantitative estimate of drug-likeness (QED) is 0.155. The van der Waals surface area contributed by atoms with Crippen LogP contribution in [0.25, 0.3) is 0 Å². The topological polar surface area (TPSA) is 180 Å². The van der Waals surface area contributed by atoms with Gasteiger partial charge in [-0.25, -0.2) is 9.59 Å². The minimum Gasteiger partial charge on any atom is -0.480 e. The monoisotopic (exact) mass is 638 g/mol. The summed E-state index contributed by atoms with van der Waals surface area (Å²) in [7, 11) is 0. The number of benzene rings is 2. The van der Waals surface area contributed by atoms with Gasteiger partial charge in [0.1, 0.15) is 24.7 Å². The number of carboxylic acids is 1. The predicted molar refractivity (Wildman–Crippen MR) is 171 cm³/mol. The molecule has 0 aliphatic heterocycles. The van der Waals surface area contributed by atoms with Gasteiger partial charge >= 0.3 is 12.1 Å². The maximum atomic E-state index is 13.4. The molecule has 2 aromatic rings. The van der Waals surface area contributed by atoms with E-state index in [2.05, 4.69) is 21.3 Å². The number of aryl methyl sites for hydroxylation is 1. The number of carbonyl (C=O) groups excluding carboxylic acids is 5. The smallest absolute Gasteiger partial charge is 0.408 e. The number of ketones is 1. The Kier molecular flexibility index (Phi) is 15.4. The summed E-state index contributed by atoms with van der Waals surface area (Å²) in [6, 6.07) is 13.7. The fourth-order valence-electron chi connectivity index (χ4n) is 4.61. The Morgan fingerprint density at radius 3 is 1.80 bits per heavy atom. The molecule has 4 atom stereocenters. The fourth-order valence-corrected chi connectivity index (χ4v) is 4.61. The average Bonchev–Trinajstić information content (AvgIpc) is 3.02. The Balaban J connectivity index is 2.13. The third kappa shape index (κ3) is 12.7. The molecule has 12 heteroatoms. The average molecular weight is 639 g/mol. The zero-order valence-electron chi connectivity index (χ0n) is 27.1. The number of hydrogen-bond acceptors (Lipinski definition) is 7. The SMILES string of the molecule is CCC(NC(=O)[C@H](CCc1ccccc1)NC(=O)OCc1ccccc1)C(=O)C(=O)N[C@H](CC(C)C)C(=O)N[C@H](C(=O)O)C(C)C. The summed E-state index contributed by atoms with van der Waals surface area (Å²) in [6.45, 7) is 8.50. The minimum absolute atomic E-state index is 0.00849. The van der Waals surface area contributed by atoms with Crippen LogP contribution in [0.3, 0.4) is 0 Å². The van der Waals surface area contributed by atoms with Gasteiger partial charge in [-0.05, 0) is 48.6 Å². The van der Waals surface area contributed by atoms with E-state index in [9.17, 15) is 33.9 Å². The van der Waals surface area contributed by atoms with Crippen LogP contribution in [0.2, 0.25) is 0 Å². The molecule has 0 heterocycles. The van der Waals surface area contributed by atoms with Crippen LogP contribution in [0.1, 0.15) is 65.0 Å². The van der Waals surface area contributed by atoms with Crippen LogP contribution in [0.5, 0.6) is 0 Å². The highest BCUT2D eigenvalue weighted by molar-refractivity contribution is 6.38. The van der Waals surface area contributed by atoms with Gasteiger partial charge in [0, 0.05) is 0 Å². The molecule has 0 aliphatic carbocycles. The third-order valence-corrected chi connectivity index (χ3v) is 7.21. The number of alkyl carbamates (subject to hydrolysis) is 1. The van der Waals surface area contributed by atoms with Crippen molar-refractivity contribution < 1.29 is 38.6 Å². The standard InChI is InChI=1S/C34H46N4O8/c1-6-25(29(39)32(42)36-27(19-21(2)3)31(41)38-28(22(4)5)33(43)44)35-30(40)26(18-17-23-13-9-7-10-14-23)37-34(45)46-20-24-15-11-8-12-16-24/h7-16,21-22,25-28H,6,17-20H2,1-5H3,(H,35,40)(H,36,42)(H,37,45)(H,38,41)(H,43,44)/t25?,26-,27+,28-/m0/s1. The first-order valence-corrected chi connectivity index (χ1v) is 15.5. The van der Waals surface area contributed by atoms with E-state index >= 15 is 0 Å². The van der Waals surface area contributed by atoms with Crippen molar-refractivity contribution in [3.8, 4) is 0 Å². The van der Waals surface area contributed by atoms with Crippen LogP contribution in [0, 0.1) is 11.8 Å². The Morgan fingerprint density at radius 1 is 0.717 bits per heavy atom. The Labute approximate surface area is 270 Å². The lowest BCUT2D eigenvalue weighted by atomic mass is 9.99. The molecule has 5 N–H and O–H groups in total. The molecular formula is C34H46N4O8. The van der Waals surface area contributed by atoms with Gasteiger partial charge in [0.05, 0.1) is 6.04 Å². The molecule has 0 aromatic heterocycles. The van der Waals surface area contributed by atoms with E-state index in [1.54, 1.807) is 45.0 Å². The predicted octanol–water partition coefficient (Wildman–Crippen LogP) is 3.13. The normalized spacial score (nSPS) is 13.5. The minimum atomic E-state index is -1.25. The molecule has 12 nitrogen and oxygen atoms in total. The van der Waals surface area contributed by atoms with Crippen molar-refractivity contribution in [3.05, 3.63) is 71.8 Å². The van der Waals surface area contributed by atoms with Gasteiger partial charge < -0.3 is 31.1 Å². The number of rotatable bonds is 18. The summed E-state index contributed by atoms with van der Waals surface area (Å²) in [6.07, 6.45) is -0.00254. The second-order valence-corrected chi connectivity index (χ2v) is 11.8. The zero-order chi connectivity index (χ0) is 34.2. The highest BCUT2D eigenvalue weighted by Gasteiger charge is 2.33. The fraction of sp³-hybridized carbons (Fsp3) is 0.471. The zero-order valence-corrected chi connectivity index (χ0v) is 27.1. The first kappa shape index (κ1) is 37.4. The number of amides is 4. The lowest BCUT2D eigenvalue weighted by molar-refractivity contribution is -0.144. The van der Waals surface area contributed by atoms with Crippen LogP contribution < -0.4 is 21.3 Å². The molecule has 2 aromatic carbocycles. The van der Waals surface area contributed by atoms with E-state index in [0.29, 0.717) is 6.42 Å². The summed E-state index contributed by atoms with van der Waals surface area (Å²) in [5, 5.41) is 19.5. The van der Waals surface area contributed by atoms with E-state index in [0.717, 1.165) is 11.1 Å². The number of nitrogens with one attached hydrogen (secondary N) is 4. The van der Waals surface area contributed by atoms with Gasteiger partial charge in [-0.1, -0.05) is 95.3 Å². The molecule has 250 valence electrons. The summed E-state index contributed by atoms with van der Waals surface area (Å²) in [5.74, 6) is -5.21. The Bertz CT molecular complexity index is 1320. The van der Waals surface area contributed by atoms with Crippen molar-refractivity contribution in [1.29, 1.82) is 0 Å². The van der Waals surface area contributed by atoms with Crippen LogP contribution in [-0.2, 0) is 41.7 Å². The largest absolute Gasteiger partial charge is 0.480 e. The second-order valence-electron chi connectivity index (χ2n) is 11.8. The highest BCUT2D eigenvalue weighted by atomic mass is 16.5. The molecule has 0 radical (unpaired) electrons. The van der Waals surface area contributed by atoms with Crippen molar-refractivity contribution in [3.63, 3.8) is 0 Å². The molecule has 0 bridgehead atoms. The molecule has 2 rings (SSSR count). The summed E-state index contributed by atoms with van der Waals surface area (Å²) < 4.78 is 5.30. The van der Waals surface area contributed by atoms with E-state index in [-0.39, 0.29) is 31.8 Å². The maximum absolute atomic E-state index is 13.4. The van der Waals surface area contributed by atoms with Crippen molar-refractivity contribution in [1.82, 2.24) is 21.3 Å². The lowest BCUT2D eigenvalue weighted by Crippen LogP contribution is -2.57. The van der Waals surface area contributed by atoms with Gasteiger partial charge in [0.25, 0.3) is 5.91 Å². The number of ether oxygens (including phenoxy) is 1. The number of Topliss-reactive ketones (excluding diaryl/α,β-unsaturated/α-hetero) is 1. The molecule has 0 aliphatic rings. The summed E-state index contributed by atoms with van der Waals surface area (Å²) in [5.41, 5.74) is 1.69. The van der Waals surface area contributed by atoms with Gasteiger partial charge in [0.2, 0.25) is 17.6 Å². The van der Waals surface area contributed by atoms with Crippen LogP contribution >= 0.6 is 0 Å². The Morgan fingerprint density at radius 2 is 1.28 bits per heavy atom. The second kappa shape index (κ2) is 18.9. The van der Waals surface area contributed by atoms with Gasteiger partial charge in [-0.2, -0.15) is 0 Å². The van der Waals surface area contributed by atoms with Crippen molar-refractivity contribution in [2.45, 2.75) is 91.1 Å². The molecule has 0 spiro atoms. The number of carboxylic acid groups (broad SMARTS) is 1. The molecule has 4 amide bonds. The Hall–Kier alpha value is -4.74. The van der Waals surface area contributed by atoms with E-state index in [4.69, 9.17) is 4.74 Å². The number of hydrogen-bond donors (Lipinski definition) is 5. The maximum Gasteiger partial charge on any atom is 0.408 e. The van der Waals surface area contributed by atoms with Crippen molar-refractivity contribution in [2.24, 2.45) is 11.8 Å². The molecule has 0 saturated carbocycles.